The largest absolute Gasteiger partial charge is 0.497 e. The molecule has 0 aliphatic carbocycles. The van der Waals surface area contributed by atoms with Gasteiger partial charge in [0.15, 0.2) is 0 Å². The van der Waals surface area contributed by atoms with Crippen LogP contribution in [0.25, 0.3) is 0 Å². The van der Waals surface area contributed by atoms with Crippen LogP contribution in [0.3, 0.4) is 0 Å². The zero-order valence-corrected chi connectivity index (χ0v) is 26.3. The molecule has 2 amide bonds. The molecule has 3 aromatic rings. The van der Waals surface area contributed by atoms with Gasteiger partial charge in [0.05, 0.1) is 27.7 Å². The first-order valence-electron chi connectivity index (χ1n) is 12.9. The maximum Gasteiger partial charge on any atom is 0.264 e. The number of halogens is 2. The fourth-order valence-corrected chi connectivity index (χ4v) is 5.73. The minimum absolute atomic E-state index is 0.000146. The van der Waals surface area contributed by atoms with E-state index in [1.807, 2.05) is 27.7 Å². The number of aryl methyl sites for hydroxylation is 1. The average Bonchev–Trinajstić information content (AvgIpc) is 2.90. The number of ether oxygens (including phenoxy) is 1. The highest BCUT2D eigenvalue weighted by atomic mass is 35.5. The van der Waals surface area contributed by atoms with Crippen molar-refractivity contribution < 1.29 is 22.7 Å². The Bertz CT molecular complexity index is 1510. The zero-order valence-electron chi connectivity index (χ0n) is 23.9. The lowest BCUT2D eigenvalue weighted by Crippen LogP contribution is -2.54. The molecule has 0 saturated heterocycles. The number of carbonyl (C=O) groups excluding carboxylic acids is 2. The Labute approximate surface area is 252 Å². The highest BCUT2D eigenvalue weighted by Gasteiger charge is 2.33. The van der Waals surface area contributed by atoms with Crippen LogP contribution in [0, 0.1) is 6.92 Å². The van der Waals surface area contributed by atoms with Crippen LogP contribution < -0.4 is 14.4 Å². The molecule has 0 unspecified atom stereocenters. The van der Waals surface area contributed by atoms with Crippen LogP contribution in [0.5, 0.6) is 5.75 Å². The Hall–Kier alpha value is -3.27. The molecule has 3 aromatic carbocycles. The van der Waals surface area contributed by atoms with E-state index in [1.165, 1.54) is 42.3 Å². The number of nitrogens with one attached hydrogen (secondary N) is 1. The molecule has 0 fully saturated rings. The molecule has 1 atom stereocenters. The Morgan fingerprint density at radius 3 is 2.22 bits per heavy atom. The molecule has 8 nitrogen and oxygen atoms in total. The molecule has 0 aromatic heterocycles. The molecule has 0 radical (unpaired) electrons. The molecule has 0 spiro atoms. The molecule has 0 bridgehead atoms. The monoisotopic (exact) mass is 619 g/mol. The number of sulfonamides is 1. The van der Waals surface area contributed by atoms with E-state index in [-0.39, 0.29) is 33.1 Å². The summed E-state index contributed by atoms with van der Waals surface area (Å²) in [4.78, 5) is 28.6. The molecule has 11 heteroatoms. The predicted octanol–water partition coefficient (Wildman–Crippen LogP) is 5.84. The third-order valence-corrected chi connectivity index (χ3v) is 8.76. The predicted molar refractivity (Wildman–Crippen MR) is 163 cm³/mol. The van der Waals surface area contributed by atoms with Crippen LogP contribution >= 0.6 is 23.2 Å². The molecule has 1 N–H and O–H groups in total. The van der Waals surface area contributed by atoms with E-state index in [2.05, 4.69) is 5.32 Å². The van der Waals surface area contributed by atoms with Crippen LogP contribution in [0.1, 0.15) is 38.8 Å². The number of nitrogens with zero attached hydrogens (tertiary/aromatic N) is 2. The van der Waals surface area contributed by atoms with Crippen LogP contribution in [0.2, 0.25) is 10.0 Å². The standard InChI is InChI=1S/C30H35Cl2N3O5S/c1-20-10-13-25(14-11-20)41(38,39)35(23-12-15-26(31)27(32)17-23)19-28(36)34(21(2)29(37)33-30(3,4)5)18-22-8-7-9-24(16-22)40-6/h7-17,21H,18-19H2,1-6H3,(H,33,37)/t21-/m1/s1. The topological polar surface area (TPSA) is 96.0 Å². The van der Waals surface area contributed by atoms with Gasteiger partial charge in [0.1, 0.15) is 18.3 Å². The number of benzene rings is 3. The number of anilines is 1. The van der Waals surface area contributed by atoms with Gasteiger partial charge in [-0.25, -0.2) is 8.42 Å². The smallest absolute Gasteiger partial charge is 0.264 e. The van der Waals surface area contributed by atoms with Crippen LogP contribution in [0.4, 0.5) is 5.69 Å². The van der Waals surface area contributed by atoms with Crippen molar-refractivity contribution in [2.75, 3.05) is 18.0 Å². The first-order chi connectivity index (χ1) is 19.1. The van der Waals surface area contributed by atoms with Gasteiger partial charge in [-0.3, -0.25) is 13.9 Å². The lowest BCUT2D eigenvalue weighted by atomic mass is 10.1. The second-order valence-corrected chi connectivity index (χ2v) is 13.4. The van der Waals surface area contributed by atoms with E-state index in [4.69, 9.17) is 27.9 Å². The number of amides is 2. The first-order valence-corrected chi connectivity index (χ1v) is 15.1. The van der Waals surface area contributed by atoms with Crippen molar-refractivity contribution in [3.05, 3.63) is 87.9 Å². The molecule has 0 aliphatic heterocycles. The molecular weight excluding hydrogens is 585 g/mol. The van der Waals surface area contributed by atoms with E-state index in [0.29, 0.717) is 11.3 Å². The molecule has 220 valence electrons. The van der Waals surface area contributed by atoms with Gasteiger partial charge < -0.3 is 15.0 Å². The van der Waals surface area contributed by atoms with E-state index in [0.717, 1.165) is 9.87 Å². The van der Waals surface area contributed by atoms with Gasteiger partial charge in [0.25, 0.3) is 10.0 Å². The Morgan fingerprint density at radius 2 is 1.63 bits per heavy atom. The minimum atomic E-state index is -4.22. The van der Waals surface area contributed by atoms with Crippen molar-refractivity contribution in [3.63, 3.8) is 0 Å². The minimum Gasteiger partial charge on any atom is -0.497 e. The van der Waals surface area contributed by atoms with Crippen LogP contribution in [-0.4, -0.2) is 50.4 Å². The summed E-state index contributed by atoms with van der Waals surface area (Å²) in [7, 11) is -2.69. The maximum absolute atomic E-state index is 14.0. The fourth-order valence-electron chi connectivity index (χ4n) is 4.03. The maximum atomic E-state index is 14.0. The second-order valence-electron chi connectivity index (χ2n) is 10.7. The van der Waals surface area contributed by atoms with Gasteiger partial charge in [0.2, 0.25) is 11.8 Å². The number of hydrogen-bond donors (Lipinski definition) is 1. The number of carbonyl (C=O) groups is 2. The Kier molecular flexibility index (Phi) is 10.3. The van der Waals surface area contributed by atoms with Crippen molar-refractivity contribution in [2.24, 2.45) is 0 Å². The summed E-state index contributed by atoms with van der Waals surface area (Å²) in [6.07, 6.45) is 0. The molecular formula is C30H35Cl2N3O5S. The SMILES string of the molecule is COc1cccc(CN(C(=O)CN(c2ccc(Cl)c(Cl)c2)S(=O)(=O)c2ccc(C)cc2)[C@H](C)C(=O)NC(C)(C)C)c1. The lowest BCUT2D eigenvalue weighted by molar-refractivity contribution is -0.140. The molecule has 3 rings (SSSR count). The summed E-state index contributed by atoms with van der Waals surface area (Å²) in [6, 6.07) is 16.8. The third-order valence-electron chi connectivity index (χ3n) is 6.23. The third kappa shape index (κ3) is 8.38. The Morgan fingerprint density at radius 1 is 0.976 bits per heavy atom. The van der Waals surface area contributed by atoms with Crippen molar-refractivity contribution in [3.8, 4) is 5.75 Å². The quantitative estimate of drug-likeness (QED) is 0.308. The van der Waals surface area contributed by atoms with E-state index < -0.39 is 34.1 Å². The second kappa shape index (κ2) is 13.1. The molecule has 0 heterocycles. The van der Waals surface area contributed by atoms with E-state index >= 15 is 0 Å². The summed E-state index contributed by atoms with van der Waals surface area (Å²) in [5, 5.41) is 3.27. The van der Waals surface area contributed by atoms with Gasteiger partial charge in [-0.05, 0) is 82.6 Å². The molecule has 0 saturated carbocycles. The van der Waals surface area contributed by atoms with Gasteiger partial charge in [-0.1, -0.05) is 53.0 Å². The molecule has 41 heavy (non-hydrogen) atoms. The van der Waals surface area contributed by atoms with Crippen LogP contribution in [-0.2, 0) is 26.2 Å². The summed E-state index contributed by atoms with van der Waals surface area (Å²) in [5.41, 5.74) is 1.19. The van der Waals surface area contributed by atoms with Crippen LogP contribution in [0.15, 0.2) is 71.6 Å². The summed E-state index contributed by atoms with van der Waals surface area (Å²) < 4.78 is 34.1. The first kappa shape index (κ1) is 32.2. The van der Waals surface area contributed by atoms with Gasteiger partial charge in [-0.15, -0.1) is 0 Å². The van der Waals surface area contributed by atoms with E-state index in [9.17, 15) is 18.0 Å². The van der Waals surface area contributed by atoms with Crippen molar-refractivity contribution >= 4 is 50.7 Å². The Balaban J connectivity index is 2.07. The van der Waals surface area contributed by atoms with Gasteiger partial charge in [0, 0.05) is 12.1 Å². The van der Waals surface area contributed by atoms with Crippen molar-refractivity contribution in [2.45, 2.75) is 57.6 Å². The highest BCUT2D eigenvalue weighted by molar-refractivity contribution is 7.92. The van der Waals surface area contributed by atoms with Crippen molar-refractivity contribution in [1.29, 1.82) is 0 Å². The zero-order chi connectivity index (χ0) is 30.5. The average molecular weight is 621 g/mol. The van der Waals surface area contributed by atoms with Gasteiger partial charge >= 0.3 is 0 Å². The summed E-state index contributed by atoms with van der Waals surface area (Å²) in [6.45, 7) is 8.41. The highest BCUT2D eigenvalue weighted by Crippen LogP contribution is 2.31. The van der Waals surface area contributed by atoms with Gasteiger partial charge in [-0.2, -0.15) is 0 Å². The molecule has 0 aliphatic rings. The normalized spacial score (nSPS) is 12.4. The number of hydrogen-bond acceptors (Lipinski definition) is 5. The number of methoxy groups -OCH3 is 1. The van der Waals surface area contributed by atoms with Crippen molar-refractivity contribution in [1.82, 2.24) is 10.2 Å². The summed E-state index contributed by atoms with van der Waals surface area (Å²) >= 11 is 12.4. The van der Waals surface area contributed by atoms with E-state index in [1.54, 1.807) is 43.3 Å². The summed E-state index contributed by atoms with van der Waals surface area (Å²) in [5.74, 6) is -0.386. The number of rotatable bonds is 10. The fraction of sp³-hybridized carbons (Fsp3) is 0.333. The lowest BCUT2D eigenvalue weighted by Gasteiger charge is -2.33.